The van der Waals surface area contributed by atoms with Crippen molar-refractivity contribution in [3.05, 3.63) is 89.5 Å². The van der Waals surface area contributed by atoms with Crippen LogP contribution in [0.5, 0.6) is 5.75 Å². The number of rotatable bonds is 3. The molecule has 0 aliphatic carbocycles. The Morgan fingerprint density at radius 3 is 2.21 bits per heavy atom. The summed E-state index contributed by atoms with van der Waals surface area (Å²) < 4.78 is 0. The molecule has 4 rings (SSSR count). The minimum atomic E-state index is 0.0116. The molecule has 1 fully saturated rings. The largest absolute Gasteiger partial charge is 0.508 e. The van der Waals surface area contributed by atoms with Crippen molar-refractivity contribution in [2.45, 2.75) is 18.8 Å². The highest BCUT2D eigenvalue weighted by atomic mass is 16.3. The Morgan fingerprint density at radius 2 is 1.52 bits per heavy atom. The molecule has 1 N–H and O–H groups in total. The number of aromatic hydroxyl groups is 1. The van der Waals surface area contributed by atoms with Gasteiger partial charge in [-0.3, -0.25) is 4.79 Å². The summed E-state index contributed by atoms with van der Waals surface area (Å²) in [6, 6.07) is 24.5. The Labute approximate surface area is 170 Å². The molecule has 29 heavy (non-hydrogen) atoms. The monoisotopic (exact) mass is 382 g/mol. The molecule has 1 aliphatic rings. The molecular weight excluding hydrogens is 360 g/mol. The van der Waals surface area contributed by atoms with E-state index >= 15 is 0 Å². The first kappa shape index (κ1) is 18.8. The molecule has 0 unspecified atom stereocenters. The van der Waals surface area contributed by atoms with Crippen LogP contribution in [0.1, 0.15) is 40.2 Å². The Balaban J connectivity index is 1.54. The summed E-state index contributed by atoms with van der Waals surface area (Å²) in [5, 5.41) is 18.9. The number of piperidine rings is 1. The fourth-order valence-corrected chi connectivity index (χ4v) is 4.05. The number of phenols is 1. The van der Waals surface area contributed by atoms with Gasteiger partial charge in [0.15, 0.2) is 0 Å². The van der Waals surface area contributed by atoms with Gasteiger partial charge in [-0.05, 0) is 54.2 Å². The lowest BCUT2D eigenvalue weighted by molar-refractivity contribution is 0.0714. The van der Waals surface area contributed by atoms with Crippen molar-refractivity contribution < 1.29 is 9.90 Å². The van der Waals surface area contributed by atoms with E-state index in [0.717, 1.165) is 24.0 Å². The zero-order valence-corrected chi connectivity index (χ0v) is 16.1. The number of phenolic OH excluding ortho intramolecular Hbond substituents is 1. The summed E-state index contributed by atoms with van der Waals surface area (Å²) in [4.78, 5) is 15.2. The van der Waals surface area contributed by atoms with Crippen LogP contribution in [0.15, 0.2) is 72.8 Å². The van der Waals surface area contributed by atoms with Crippen molar-refractivity contribution in [1.29, 1.82) is 5.26 Å². The topological polar surface area (TPSA) is 64.3 Å². The summed E-state index contributed by atoms with van der Waals surface area (Å²) in [6.07, 6.45) is 1.79. The highest BCUT2D eigenvalue weighted by molar-refractivity contribution is 6.01. The molecule has 1 saturated heterocycles. The van der Waals surface area contributed by atoms with Crippen LogP contribution in [0.3, 0.4) is 0 Å². The number of carbonyl (C=O) groups is 1. The van der Waals surface area contributed by atoms with Crippen LogP contribution in [0.4, 0.5) is 0 Å². The van der Waals surface area contributed by atoms with Gasteiger partial charge in [0.05, 0.1) is 11.6 Å². The Kier molecular flexibility index (Phi) is 5.31. The fraction of sp³-hybridized carbons (Fsp3) is 0.200. The maximum absolute atomic E-state index is 13.3. The zero-order valence-electron chi connectivity index (χ0n) is 16.1. The molecule has 0 radical (unpaired) electrons. The van der Waals surface area contributed by atoms with E-state index in [1.54, 1.807) is 18.2 Å². The molecule has 0 atom stereocenters. The zero-order chi connectivity index (χ0) is 20.2. The normalized spacial score (nSPS) is 14.4. The smallest absolute Gasteiger partial charge is 0.254 e. The molecule has 0 spiro atoms. The molecule has 0 bridgehead atoms. The maximum Gasteiger partial charge on any atom is 0.254 e. The molecule has 0 saturated carbocycles. The van der Waals surface area contributed by atoms with Crippen LogP contribution in [-0.2, 0) is 0 Å². The van der Waals surface area contributed by atoms with E-state index in [1.807, 2.05) is 59.5 Å². The van der Waals surface area contributed by atoms with Crippen LogP contribution in [-0.4, -0.2) is 29.0 Å². The van der Waals surface area contributed by atoms with E-state index in [1.165, 1.54) is 5.56 Å². The van der Waals surface area contributed by atoms with Crippen molar-refractivity contribution in [3.63, 3.8) is 0 Å². The van der Waals surface area contributed by atoms with Crippen LogP contribution < -0.4 is 0 Å². The number of nitrogens with zero attached hydrogens (tertiary/aromatic N) is 2. The van der Waals surface area contributed by atoms with Crippen molar-refractivity contribution in [2.24, 2.45) is 0 Å². The average Bonchev–Trinajstić information content (AvgIpc) is 2.79. The molecule has 0 aromatic heterocycles. The van der Waals surface area contributed by atoms with Gasteiger partial charge in [-0.15, -0.1) is 0 Å². The number of nitriles is 1. The van der Waals surface area contributed by atoms with Gasteiger partial charge in [0.2, 0.25) is 0 Å². The third-order valence-corrected chi connectivity index (χ3v) is 5.64. The van der Waals surface area contributed by atoms with Gasteiger partial charge in [0.1, 0.15) is 5.75 Å². The van der Waals surface area contributed by atoms with E-state index in [-0.39, 0.29) is 11.7 Å². The second-order valence-electron chi connectivity index (χ2n) is 7.36. The minimum absolute atomic E-state index is 0.0116. The quantitative estimate of drug-likeness (QED) is 0.697. The van der Waals surface area contributed by atoms with Crippen molar-refractivity contribution >= 4 is 5.91 Å². The van der Waals surface area contributed by atoms with E-state index in [4.69, 9.17) is 0 Å². The van der Waals surface area contributed by atoms with Crippen LogP contribution in [0, 0.1) is 11.3 Å². The van der Waals surface area contributed by atoms with E-state index in [2.05, 4.69) is 6.07 Å². The van der Waals surface area contributed by atoms with Crippen LogP contribution >= 0.6 is 0 Å². The number of benzene rings is 3. The van der Waals surface area contributed by atoms with E-state index in [9.17, 15) is 15.2 Å². The Hall–Kier alpha value is -3.58. The average molecular weight is 382 g/mol. The lowest BCUT2D eigenvalue weighted by atomic mass is 9.88. The van der Waals surface area contributed by atoms with Crippen molar-refractivity contribution in [2.75, 3.05) is 13.1 Å². The first-order valence-corrected chi connectivity index (χ1v) is 9.84. The number of likely N-dealkylation sites (tertiary alicyclic amines) is 1. The van der Waals surface area contributed by atoms with Gasteiger partial charge < -0.3 is 10.0 Å². The van der Waals surface area contributed by atoms with Gasteiger partial charge in [0, 0.05) is 24.2 Å². The summed E-state index contributed by atoms with van der Waals surface area (Å²) in [7, 11) is 0. The number of hydrogen-bond donors (Lipinski definition) is 1. The first-order valence-electron chi connectivity index (χ1n) is 9.84. The van der Waals surface area contributed by atoms with Crippen LogP contribution in [0.2, 0.25) is 0 Å². The number of hydrogen-bond acceptors (Lipinski definition) is 3. The summed E-state index contributed by atoms with van der Waals surface area (Å²) in [6.45, 7) is 1.39. The molecular formula is C25H22N2O2. The molecule has 4 nitrogen and oxygen atoms in total. The summed E-state index contributed by atoms with van der Waals surface area (Å²) >= 11 is 0. The molecule has 4 heteroatoms. The van der Waals surface area contributed by atoms with Crippen molar-refractivity contribution in [3.8, 4) is 22.9 Å². The predicted octanol–water partition coefficient (Wildman–Crippen LogP) is 4.95. The Morgan fingerprint density at radius 1 is 0.897 bits per heavy atom. The first-order chi connectivity index (χ1) is 14.2. The van der Waals surface area contributed by atoms with Gasteiger partial charge >= 0.3 is 0 Å². The number of amides is 1. The standard InChI is InChI=1S/C25H22N2O2/c26-17-20-5-1-2-6-22(20)23-7-3-4-8-24(23)25(29)27-15-13-19(14-16-27)18-9-11-21(28)12-10-18/h1-12,19,28H,13-16H2. The van der Waals surface area contributed by atoms with Crippen molar-refractivity contribution in [1.82, 2.24) is 4.90 Å². The van der Waals surface area contributed by atoms with Gasteiger partial charge in [-0.2, -0.15) is 5.26 Å². The molecule has 1 amide bonds. The third-order valence-electron chi connectivity index (χ3n) is 5.64. The second kappa shape index (κ2) is 8.20. The van der Waals surface area contributed by atoms with E-state index in [0.29, 0.717) is 30.1 Å². The summed E-state index contributed by atoms with van der Waals surface area (Å²) in [5.41, 5.74) is 4.00. The second-order valence-corrected chi connectivity index (χ2v) is 7.36. The molecule has 3 aromatic carbocycles. The van der Waals surface area contributed by atoms with Gasteiger partial charge in [0.25, 0.3) is 5.91 Å². The third kappa shape index (κ3) is 3.86. The molecule has 1 heterocycles. The molecule has 144 valence electrons. The summed E-state index contributed by atoms with van der Waals surface area (Å²) in [5.74, 6) is 0.683. The lowest BCUT2D eigenvalue weighted by Gasteiger charge is -2.32. The Bertz CT molecular complexity index is 1060. The predicted molar refractivity (Wildman–Crippen MR) is 113 cm³/mol. The number of carbonyl (C=O) groups excluding carboxylic acids is 1. The molecule has 1 aliphatic heterocycles. The van der Waals surface area contributed by atoms with E-state index < -0.39 is 0 Å². The highest BCUT2D eigenvalue weighted by Gasteiger charge is 2.26. The maximum atomic E-state index is 13.3. The van der Waals surface area contributed by atoms with Gasteiger partial charge in [-0.1, -0.05) is 48.5 Å². The fourth-order valence-electron chi connectivity index (χ4n) is 4.05. The highest BCUT2D eigenvalue weighted by Crippen LogP contribution is 2.32. The lowest BCUT2D eigenvalue weighted by Crippen LogP contribution is -2.38. The van der Waals surface area contributed by atoms with Crippen LogP contribution in [0.25, 0.3) is 11.1 Å². The van der Waals surface area contributed by atoms with Gasteiger partial charge in [-0.25, -0.2) is 0 Å². The minimum Gasteiger partial charge on any atom is -0.508 e. The SMILES string of the molecule is N#Cc1ccccc1-c1ccccc1C(=O)N1CCC(c2ccc(O)cc2)CC1. The molecule has 3 aromatic rings.